The van der Waals surface area contributed by atoms with Gasteiger partial charge in [0.15, 0.2) is 0 Å². The summed E-state index contributed by atoms with van der Waals surface area (Å²) in [6, 6.07) is 4.66. The number of carbonyl (C=O) groups is 1. The van der Waals surface area contributed by atoms with Crippen LogP contribution in [0, 0.1) is 9.39 Å². The smallest absolute Gasteiger partial charge is 0.414 e. The second kappa shape index (κ2) is 6.53. The first-order valence-corrected chi connectivity index (χ1v) is 6.90. The zero-order valence-corrected chi connectivity index (χ0v) is 12.3. The lowest BCUT2D eigenvalue weighted by atomic mass is 9.91. The van der Waals surface area contributed by atoms with E-state index in [-0.39, 0.29) is 18.7 Å². The van der Waals surface area contributed by atoms with Crippen molar-refractivity contribution in [3.63, 3.8) is 0 Å². The van der Waals surface area contributed by atoms with Crippen LogP contribution in [0.1, 0.15) is 0 Å². The van der Waals surface area contributed by atoms with Crippen LogP contribution in [0.25, 0.3) is 0 Å². The minimum atomic E-state index is -0.460. The van der Waals surface area contributed by atoms with Gasteiger partial charge in [-0.2, -0.15) is 0 Å². The van der Waals surface area contributed by atoms with Crippen molar-refractivity contribution >= 4 is 41.9 Å². The highest BCUT2D eigenvalue weighted by atomic mass is 127. The molecule has 102 valence electrons. The van der Waals surface area contributed by atoms with Crippen molar-refractivity contribution in [3.05, 3.63) is 27.6 Å². The molecule has 0 spiro atoms. The van der Waals surface area contributed by atoms with E-state index in [1.54, 1.807) is 12.1 Å². The van der Waals surface area contributed by atoms with Crippen LogP contribution in [0.3, 0.4) is 0 Å². The van der Waals surface area contributed by atoms with Crippen molar-refractivity contribution in [2.24, 2.45) is 5.73 Å². The summed E-state index contributed by atoms with van der Waals surface area (Å²) in [5, 5.41) is 0. The average molecular weight is 378 g/mol. The normalized spacial score (nSPS) is 18.6. The summed E-state index contributed by atoms with van der Waals surface area (Å²) in [5.41, 5.74) is 5.71. The predicted octanol–water partition coefficient (Wildman–Crippen LogP) is 1.46. The molecule has 19 heavy (non-hydrogen) atoms. The maximum absolute atomic E-state index is 13.5. The lowest BCUT2D eigenvalue weighted by molar-refractivity contribution is 0.148. The highest BCUT2D eigenvalue weighted by Gasteiger charge is 2.32. The number of hydrogen-bond donors (Lipinski definition) is 1. The van der Waals surface area contributed by atoms with E-state index in [1.165, 1.54) is 11.0 Å². The zero-order chi connectivity index (χ0) is 13.8. The van der Waals surface area contributed by atoms with E-state index in [9.17, 15) is 9.18 Å². The molecule has 0 saturated carbocycles. The van der Waals surface area contributed by atoms with Gasteiger partial charge in [0.05, 0.1) is 19.0 Å². The number of cyclic esters (lactones) is 1. The number of nitrogens with two attached hydrogens (primary N) is 1. The Hall–Kier alpha value is -0.865. The molecular weight excluding hydrogens is 365 g/mol. The van der Waals surface area contributed by atoms with Crippen molar-refractivity contribution < 1.29 is 18.6 Å². The van der Waals surface area contributed by atoms with Crippen LogP contribution in [0.4, 0.5) is 14.9 Å². The average Bonchev–Trinajstić information content (AvgIpc) is 2.74. The SMILES string of the molecule is NCOBC[C@H]1CN(c2ccc(I)c(F)c2)C(=O)O1. The molecule has 2 N–H and O–H groups in total. The van der Waals surface area contributed by atoms with Crippen molar-refractivity contribution in [1.82, 2.24) is 0 Å². The van der Waals surface area contributed by atoms with Crippen molar-refractivity contribution in [1.29, 1.82) is 0 Å². The van der Waals surface area contributed by atoms with Gasteiger partial charge in [-0.3, -0.25) is 4.90 Å². The van der Waals surface area contributed by atoms with E-state index in [4.69, 9.17) is 15.1 Å². The molecule has 1 amide bonds. The number of halogens is 2. The second-order valence-corrected chi connectivity index (χ2v) is 5.24. The van der Waals surface area contributed by atoms with Gasteiger partial charge in [-0.05, 0) is 47.1 Å². The van der Waals surface area contributed by atoms with Crippen LogP contribution in [0.2, 0.25) is 6.32 Å². The molecule has 0 aliphatic carbocycles. The summed E-state index contributed by atoms with van der Waals surface area (Å²) >= 11 is 1.90. The zero-order valence-electron chi connectivity index (χ0n) is 10.1. The van der Waals surface area contributed by atoms with Crippen molar-refractivity contribution in [2.45, 2.75) is 12.4 Å². The molecular formula is C11H13BFIN2O3. The maximum atomic E-state index is 13.5. The number of hydrogen-bond acceptors (Lipinski definition) is 4. The van der Waals surface area contributed by atoms with E-state index in [0.717, 1.165) is 0 Å². The molecule has 0 unspecified atom stereocenters. The number of ether oxygens (including phenoxy) is 1. The highest BCUT2D eigenvalue weighted by molar-refractivity contribution is 14.1. The van der Waals surface area contributed by atoms with Crippen molar-refractivity contribution in [2.75, 3.05) is 18.2 Å². The Morgan fingerprint density at radius 3 is 3.11 bits per heavy atom. The topological polar surface area (TPSA) is 64.8 Å². The Balaban J connectivity index is 2.01. The minimum absolute atomic E-state index is 0.146. The van der Waals surface area contributed by atoms with Gasteiger partial charge in [-0.15, -0.1) is 0 Å². The monoisotopic (exact) mass is 378 g/mol. The fourth-order valence-electron chi connectivity index (χ4n) is 1.83. The third kappa shape index (κ3) is 3.57. The van der Waals surface area contributed by atoms with Gasteiger partial charge < -0.3 is 15.1 Å². The van der Waals surface area contributed by atoms with Gasteiger partial charge in [0.25, 0.3) is 7.48 Å². The highest BCUT2D eigenvalue weighted by Crippen LogP contribution is 2.25. The first kappa shape index (κ1) is 14.5. The van der Waals surface area contributed by atoms with E-state index in [0.29, 0.717) is 29.6 Å². The van der Waals surface area contributed by atoms with E-state index >= 15 is 0 Å². The number of benzene rings is 1. The quantitative estimate of drug-likeness (QED) is 0.365. The summed E-state index contributed by atoms with van der Waals surface area (Å²) in [6.45, 7) is 0.541. The Morgan fingerprint density at radius 2 is 2.42 bits per heavy atom. The largest absolute Gasteiger partial charge is 0.445 e. The standard InChI is InChI=1S/C11H13BFIN2O3/c13-9-3-7(1-2-10(9)14)16-5-8(19-11(16)17)4-12-18-6-15/h1-3,8,12H,4-6,15H2/t8-/m0/s1. The van der Waals surface area contributed by atoms with Gasteiger partial charge in [0.2, 0.25) is 0 Å². The molecule has 8 heteroatoms. The van der Waals surface area contributed by atoms with Gasteiger partial charge in [-0.25, -0.2) is 9.18 Å². The minimum Gasteiger partial charge on any atom is -0.445 e. The number of anilines is 1. The van der Waals surface area contributed by atoms with Crippen LogP contribution in [0.15, 0.2) is 18.2 Å². The molecule has 1 aromatic rings. The number of rotatable bonds is 5. The number of carbonyl (C=O) groups excluding carboxylic acids is 1. The van der Waals surface area contributed by atoms with Crippen LogP contribution in [-0.2, 0) is 9.39 Å². The number of amides is 1. The van der Waals surface area contributed by atoms with E-state index < -0.39 is 6.09 Å². The van der Waals surface area contributed by atoms with Crippen molar-refractivity contribution in [3.8, 4) is 0 Å². The Bertz CT molecular complexity index is 477. The summed E-state index contributed by atoms with van der Waals surface area (Å²) in [6.07, 6.45) is -0.133. The Morgan fingerprint density at radius 1 is 1.63 bits per heavy atom. The van der Waals surface area contributed by atoms with Gasteiger partial charge >= 0.3 is 6.09 Å². The second-order valence-electron chi connectivity index (χ2n) is 4.08. The molecule has 1 aliphatic rings. The molecule has 1 atom stereocenters. The number of nitrogens with zero attached hydrogens (tertiary/aromatic N) is 1. The summed E-state index contributed by atoms with van der Waals surface area (Å²) in [4.78, 5) is 13.2. The van der Waals surface area contributed by atoms with E-state index in [1.807, 2.05) is 22.6 Å². The van der Waals surface area contributed by atoms with Crippen LogP contribution >= 0.6 is 22.6 Å². The predicted molar refractivity (Wildman–Crippen MR) is 78.8 cm³/mol. The van der Waals surface area contributed by atoms with Crippen LogP contribution < -0.4 is 10.6 Å². The summed E-state index contributed by atoms with van der Waals surface area (Å²) < 4.78 is 24.2. The molecule has 0 aromatic heterocycles. The lowest BCUT2D eigenvalue weighted by Gasteiger charge is -2.13. The molecule has 1 heterocycles. The molecule has 1 saturated heterocycles. The van der Waals surface area contributed by atoms with Gasteiger partial charge in [-0.1, -0.05) is 0 Å². The molecule has 1 aliphatic heterocycles. The Labute approximate surface area is 124 Å². The lowest BCUT2D eigenvalue weighted by Crippen LogP contribution is -2.25. The summed E-state index contributed by atoms with van der Waals surface area (Å²) in [5.74, 6) is -0.346. The van der Waals surface area contributed by atoms with Gasteiger partial charge in [0, 0.05) is 3.57 Å². The Kier molecular flexibility index (Phi) is 5.00. The molecule has 1 aromatic carbocycles. The third-order valence-electron chi connectivity index (χ3n) is 2.79. The first-order chi connectivity index (χ1) is 9.11. The fourth-order valence-corrected chi connectivity index (χ4v) is 2.17. The van der Waals surface area contributed by atoms with Crippen LogP contribution in [-0.4, -0.2) is 33.0 Å². The fraction of sp³-hybridized carbons (Fsp3) is 0.364. The maximum Gasteiger partial charge on any atom is 0.414 e. The van der Waals surface area contributed by atoms with E-state index in [2.05, 4.69) is 0 Å². The molecule has 2 rings (SSSR count). The van der Waals surface area contributed by atoms with Gasteiger partial charge in [0.1, 0.15) is 11.9 Å². The molecule has 5 nitrogen and oxygen atoms in total. The molecule has 0 bridgehead atoms. The molecule has 1 fully saturated rings. The summed E-state index contributed by atoms with van der Waals surface area (Å²) in [7, 11) is 0.434. The van der Waals surface area contributed by atoms with Crippen LogP contribution in [0.5, 0.6) is 0 Å². The first-order valence-electron chi connectivity index (χ1n) is 5.83. The molecule has 0 radical (unpaired) electrons. The third-order valence-corrected chi connectivity index (χ3v) is 3.67.